The van der Waals surface area contributed by atoms with E-state index in [2.05, 4.69) is 21.0 Å². The van der Waals surface area contributed by atoms with Crippen molar-refractivity contribution >= 4 is 27.8 Å². The largest absolute Gasteiger partial charge is 0.484 e. The molecule has 1 amide bonds. The maximum absolute atomic E-state index is 13.0. The minimum Gasteiger partial charge on any atom is -0.484 e. The third kappa shape index (κ3) is 3.70. The van der Waals surface area contributed by atoms with Gasteiger partial charge >= 0.3 is 5.97 Å². The number of hydrogen-bond donors (Lipinski definition) is 0. The van der Waals surface area contributed by atoms with Crippen molar-refractivity contribution in [3.63, 3.8) is 0 Å². The summed E-state index contributed by atoms with van der Waals surface area (Å²) in [5.41, 5.74) is 2.10. The summed E-state index contributed by atoms with van der Waals surface area (Å²) in [6.07, 6.45) is 0. The van der Waals surface area contributed by atoms with E-state index >= 15 is 0 Å². The molecule has 7 nitrogen and oxygen atoms in total. The van der Waals surface area contributed by atoms with Gasteiger partial charge in [-0.05, 0) is 23.3 Å². The first-order valence-electron chi connectivity index (χ1n) is 9.38. The molecule has 0 saturated carbocycles. The molecule has 0 N–H and O–H groups in total. The van der Waals surface area contributed by atoms with Crippen molar-refractivity contribution in [2.75, 3.05) is 20.7 Å². The van der Waals surface area contributed by atoms with E-state index in [9.17, 15) is 9.59 Å². The number of esters is 1. The van der Waals surface area contributed by atoms with Crippen LogP contribution in [0.4, 0.5) is 0 Å². The van der Waals surface area contributed by atoms with Crippen molar-refractivity contribution in [1.29, 1.82) is 0 Å². The van der Waals surface area contributed by atoms with Crippen LogP contribution in [0.25, 0.3) is 0 Å². The predicted molar refractivity (Wildman–Crippen MR) is 114 cm³/mol. The number of rotatable bonds is 5. The lowest BCUT2D eigenvalue weighted by Gasteiger charge is -2.31. The standard InChI is InChI=1S/C22H20BrN3O4/c1-25-12-17(15-9-6-10-16(23)11-15)26-19(21(25)27)20(18(24-26)22(28)29-2)30-13-14-7-4-3-5-8-14/h3-11,17H,12-13H2,1-2H3. The first-order chi connectivity index (χ1) is 14.5. The molecule has 154 valence electrons. The monoisotopic (exact) mass is 469 g/mol. The Morgan fingerprint density at radius 3 is 2.67 bits per heavy atom. The van der Waals surface area contributed by atoms with Crippen LogP contribution in [0.1, 0.15) is 38.1 Å². The number of methoxy groups -OCH3 is 1. The zero-order valence-corrected chi connectivity index (χ0v) is 18.1. The van der Waals surface area contributed by atoms with Crippen molar-refractivity contribution in [3.05, 3.63) is 81.6 Å². The van der Waals surface area contributed by atoms with Crippen LogP contribution in [0.3, 0.4) is 0 Å². The lowest BCUT2D eigenvalue weighted by atomic mass is 10.0. The van der Waals surface area contributed by atoms with E-state index in [1.54, 1.807) is 16.6 Å². The number of aromatic nitrogens is 2. The Labute approximate surface area is 182 Å². The van der Waals surface area contributed by atoms with Gasteiger partial charge in [0.05, 0.1) is 13.2 Å². The molecule has 1 atom stereocenters. The number of likely N-dealkylation sites (N-methyl/N-ethyl adjacent to an activating group) is 1. The molecule has 0 radical (unpaired) electrons. The van der Waals surface area contributed by atoms with Gasteiger partial charge in [-0.25, -0.2) is 9.48 Å². The molecule has 1 aliphatic heterocycles. The Morgan fingerprint density at radius 2 is 1.97 bits per heavy atom. The number of amides is 1. The van der Waals surface area contributed by atoms with Gasteiger partial charge < -0.3 is 14.4 Å². The van der Waals surface area contributed by atoms with Crippen LogP contribution < -0.4 is 4.74 Å². The third-order valence-corrected chi connectivity index (χ3v) is 5.49. The summed E-state index contributed by atoms with van der Waals surface area (Å²) >= 11 is 3.49. The van der Waals surface area contributed by atoms with Crippen molar-refractivity contribution in [1.82, 2.24) is 14.7 Å². The first kappa shape index (κ1) is 20.2. The number of benzene rings is 2. The Bertz CT molecular complexity index is 1100. The molecule has 0 saturated heterocycles. The van der Waals surface area contributed by atoms with E-state index in [-0.39, 0.29) is 35.7 Å². The molecule has 30 heavy (non-hydrogen) atoms. The van der Waals surface area contributed by atoms with Gasteiger partial charge in [0.25, 0.3) is 5.91 Å². The highest BCUT2D eigenvalue weighted by atomic mass is 79.9. The number of carbonyl (C=O) groups is 2. The fourth-order valence-electron chi connectivity index (χ4n) is 3.50. The van der Waals surface area contributed by atoms with Crippen molar-refractivity contribution in [2.24, 2.45) is 0 Å². The normalized spacial score (nSPS) is 15.6. The quantitative estimate of drug-likeness (QED) is 0.532. The second-order valence-corrected chi connectivity index (χ2v) is 7.91. The predicted octanol–water partition coefficient (Wildman–Crippen LogP) is 3.69. The molecule has 8 heteroatoms. The topological polar surface area (TPSA) is 73.7 Å². The summed E-state index contributed by atoms with van der Waals surface area (Å²) in [5, 5.41) is 4.46. The number of nitrogens with zero attached hydrogens (tertiary/aromatic N) is 3. The Balaban J connectivity index is 1.82. The number of ether oxygens (including phenoxy) is 2. The third-order valence-electron chi connectivity index (χ3n) is 5.00. The molecular formula is C22H20BrN3O4. The molecule has 1 unspecified atom stereocenters. The Kier molecular flexibility index (Phi) is 5.59. The highest BCUT2D eigenvalue weighted by Gasteiger charge is 2.38. The molecule has 2 aromatic carbocycles. The van der Waals surface area contributed by atoms with Crippen molar-refractivity contribution in [3.8, 4) is 5.75 Å². The van der Waals surface area contributed by atoms with Gasteiger partial charge in [0.1, 0.15) is 6.61 Å². The summed E-state index contributed by atoms with van der Waals surface area (Å²) in [6.45, 7) is 0.616. The van der Waals surface area contributed by atoms with Gasteiger partial charge in [0.15, 0.2) is 11.4 Å². The minimum absolute atomic E-state index is 0.00734. The van der Waals surface area contributed by atoms with Crippen LogP contribution in [0, 0.1) is 0 Å². The van der Waals surface area contributed by atoms with E-state index < -0.39 is 5.97 Å². The fraction of sp³-hybridized carbons (Fsp3) is 0.227. The van der Waals surface area contributed by atoms with Crippen LogP contribution in [0.15, 0.2) is 59.1 Å². The lowest BCUT2D eigenvalue weighted by Crippen LogP contribution is -2.41. The molecule has 1 aromatic heterocycles. The van der Waals surface area contributed by atoms with Crippen molar-refractivity contribution < 1.29 is 19.1 Å². The summed E-state index contributed by atoms with van der Waals surface area (Å²) in [4.78, 5) is 27.1. The van der Waals surface area contributed by atoms with Crippen LogP contribution in [-0.2, 0) is 11.3 Å². The van der Waals surface area contributed by atoms with E-state index in [4.69, 9.17) is 9.47 Å². The Morgan fingerprint density at radius 1 is 1.20 bits per heavy atom. The zero-order chi connectivity index (χ0) is 21.3. The second kappa shape index (κ2) is 8.31. The maximum Gasteiger partial charge on any atom is 0.362 e. The van der Waals surface area contributed by atoms with Gasteiger partial charge in [-0.15, -0.1) is 0 Å². The van der Waals surface area contributed by atoms with Crippen LogP contribution in [0.5, 0.6) is 5.75 Å². The summed E-state index contributed by atoms with van der Waals surface area (Å²) in [5.74, 6) is -0.766. The molecule has 4 rings (SSSR count). The Hall–Kier alpha value is -3.13. The van der Waals surface area contributed by atoms with Crippen LogP contribution >= 0.6 is 15.9 Å². The van der Waals surface area contributed by atoms with E-state index in [1.165, 1.54) is 7.11 Å². The molecule has 0 aliphatic carbocycles. The second-order valence-electron chi connectivity index (χ2n) is 6.99. The highest BCUT2D eigenvalue weighted by Crippen LogP contribution is 2.35. The van der Waals surface area contributed by atoms with Gasteiger partial charge in [-0.3, -0.25) is 4.79 Å². The smallest absolute Gasteiger partial charge is 0.362 e. The SMILES string of the molecule is COC(=O)c1nn2c(c1OCc1ccccc1)C(=O)N(C)CC2c1cccc(Br)c1. The van der Waals surface area contributed by atoms with Gasteiger partial charge in [-0.2, -0.15) is 5.10 Å². The summed E-state index contributed by atoms with van der Waals surface area (Å²) in [7, 11) is 3.00. The molecule has 2 heterocycles. The van der Waals surface area contributed by atoms with E-state index in [1.807, 2.05) is 54.6 Å². The van der Waals surface area contributed by atoms with Gasteiger partial charge in [0.2, 0.25) is 5.69 Å². The number of hydrogen-bond acceptors (Lipinski definition) is 5. The van der Waals surface area contributed by atoms with Gasteiger partial charge in [-0.1, -0.05) is 58.4 Å². The zero-order valence-electron chi connectivity index (χ0n) is 16.5. The van der Waals surface area contributed by atoms with E-state index in [0.717, 1.165) is 15.6 Å². The van der Waals surface area contributed by atoms with E-state index in [0.29, 0.717) is 6.54 Å². The fourth-order valence-corrected chi connectivity index (χ4v) is 3.91. The molecule has 3 aromatic rings. The van der Waals surface area contributed by atoms with Crippen LogP contribution in [-0.4, -0.2) is 47.3 Å². The molecule has 0 fully saturated rings. The average Bonchev–Trinajstić information content (AvgIpc) is 3.14. The van der Waals surface area contributed by atoms with Crippen molar-refractivity contribution in [2.45, 2.75) is 12.6 Å². The molecular weight excluding hydrogens is 450 g/mol. The van der Waals surface area contributed by atoms with Gasteiger partial charge in [0, 0.05) is 18.1 Å². The highest BCUT2D eigenvalue weighted by molar-refractivity contribution is 9.10. The lowest BCUT2D eigenvalue weighted by molar-refractivity contribution is 0.0587. The number of carbonyl (C=O) groups excluding carboxylic acids is 2. The summed E-state index contributed by atoms with van der Waals surface area (Å²) < 4.78 is 13.4. The first-order valence-corrected chi connectivity index (χ1v) is 10.2. The molecule has 1 aliphatic rings. The number of fused-ring (bicyclic) bond motifs is 1. The maximum atomic E-state index is 13.0. The summed E-state index contributed by atoms with van der Waals surface area (Å²) in [6, 6.07) is 17.1. The minimum atomic E-state index is -0.650. The molecule has 0 bridgehead atoms. The molecule has 0 spiro atoms. The average molecular weight is 470 g/mol. The number of halogens is 1. The van der Waals surface area contributed by atoms with Crippen LogP contribution in [0.2, 0.25) is 0 Å².